The standard InChI is InChI=1S/C11H12ClNO/c1-6-4-5-7(12)8-9(6)13-10(14)11(8,2)3/h4-5H,1-3H3,(H,13,14). The minimum atomic E-state index is -0.515. The van der Waals surface area contributed by atoms with Crippen LogP contribution in [-0.2, 0) is 10.2 Å². The number of amides is 1. The van der Waals surface area contributed by atoms with Crippen LogP contribution in [0.15, 0.2) is 12.1 Å². The lowest BCUT2D eigenvalue weighted by Crippen LogP contribution is -2.27. The van der Waals surface area contributed by atoms with Crippen molar-refractivity contribution in [2.75, 3.05) is 5.32 Å². The van der Waals surface area contributed by atoms with Crippen LogP contribution in [-0.4, -0.2) is 5.91 Å². The number of aryl methyl sites for hydroxylation is 1. The van der Waals surface area contributed by atoms with E-state index in [-0.39, 0.29) is 5.91 Å². The van der Waals surface area contributed by atoms with E-state index in [1.54, 1.807) is 0 Å². The van der Waals surface area contributed by atoms with E-state index in [1.165, 1.54) is 0 Å². The Balaban J connectivity index is 2.76. The molecule has 1 aromatic rings. The predicted molar refractivity (Wildman–Crippen MR) is 57.8 cm³/mol. The van der Waals surface area contributed by atoms with Gasteiger partial charge < -0.3 is 5.32 Å². The van der Waals surface area contributed by atoms with Crippen LogP contribution in [0.4, 0.5) is 5.69 Å². The monoisotopic (exact) mass is 209 g/mol. The molecule has 0 saturated carbocycles. The van der Waals surface area contributed by atoms with E-state index in [2.05, 4.69) is 5.32 Å². The second kappa shape index (κ2) is 2.74. The van der Waals surface area contributed by atoms with E-state index >= 15 is 0 Å². The molecule has 1 aliphatic rings. The third kappa shape index (κ3) is 1.07. The van der Waals surface area contributed by atoms with Gasteiger partial charge in [0.15, 0.2) is 0 Å². The quantitative estimate of drug-likeness (QED) is 0.700. The summed E-state index contributed by atoms with van der Waals surface area (Å²) in [5.74, 6) is 0.0173. The van der Waals surface area contributed by atoms with Gasteiger partial charge in [0.05, 0.1) is 5.41 Å². The van der Waals surface area contributed by atoms with E-state index in [4.69, 9.17) is 11.6 Å². The van der Waals surface area contributed by atoms with Crippen molar-refractivity contribution in [2.45, 2.75) is 26.2 Å². The van der Waals surface area contributed by atoms with Crippen LogP contribution in [0.3, 0.4) is 0 Å². The number of benzene rings is 1. The van der Waals surface area contributed by atoms with Crippen LogP contribution in [0, 0.1) is 6.92 Å². The second-order valence-electron chi connectivity index (χ2n) is 4.19. The minimum Gasteiger partial charge on any atom is -0.325 e. The van der Waals surface area contributed by atoms with Crippen molar-refractivity contribution in [1.29, 1.82) is 0 Å². The topological polar surface area (TPSA) is 29.1 Å². The first-order valence-electron chi connectivity index (χ1n) is 4.55. The molecule has 1 N–H and O–H groups in total. The molecule has 0 unspecified atom stereocenters. The van der Waals surface area contributed by atoms with Crippen molar-refractivity contribution < 1.29 is 4.79 Å². The van der Waals surface area contributed by atoms with Crippen molar-refractivity contribution >= 4 is 23.2 Å². The summed E-state index contributed by atoms with van der Waals surface area (Å²) in [4.78, 5) is 11.7. The molecular formula is C11H12ClNO. The maximum atomic E-state index is 11.7. The number of hydrogen-bond acceptors (Lipinski definition) is 1. The summed E-state index contributed by atoms with van der Waals surface area (Å²) in [6, 6.07) is 3.76. The number of fused-ring (bicyclic) bond motifs is 1. The maximum absolute atomic E-state index is 11.7. The summed E-state index contributed by atoms with van der Waals surface area (Å²) >= 11 is 6.10. The fourth-order valence-corrected chi connectivity index (χ4v) is 2.23. The molecule has 0 aliphatic carbocycles. The second-order valence-corrected chi connectivity index (χ2v) is 4.60. The number of halogens is 1. The summed E-state index contributed by atoms with van der Waals surface area (Å²) in [7, 11) is 0. The summed E-state index contributed by atoms with van der Waals surface area (Å²) < 4.78 is 0. The molecule has 0 saturated heterocycles. The zero-order valence-corrected chi connectivity index (χ0v) is 9.20. The summed E-state index contributed by atoms with van der Waals surface area (Å²) in [5.41, 5.74) is 2.35. The van der Waals surface area contributed by atoms with Gasteiger partial charge in [-0.1, -0.05) is 17.7 Å². The fourth-order valence-electron chi connectivity index (χ4n) is 1.84. The van der Waals surface area contributed by atoms with E-state index in [0.29, 0.717) is 5.02 Å². The predicted octanol–water partition coefficient (Wildman–Crippen LogP) is 2.88. The van der Waals surface area contributed by atoms with Crippen molar-refractivity contribution in [1.82, 2.24) is 0 Å². The first kappa shape index (κ1) is 9.53. The molecule has 0 bridgehead atoms. The third-order valence-electron chi connectivity index (χ3n) is 2.79. The molecule has 1 aliphatic heterocycles. The Bertz CT molecular complexity index is 424. The molecule has 2 nitrogen and oxygen atoms in total. The normalized spacial score (nSPS) is 17.9. The molecular weight excluding hydrogens is 198 g/mol. The molecule has 0 atom stereocenters. The number of hydrogen-bond donors (Lipinski definition) is 1. The molecule has 74 valence electrons. The highest BCUT2D eigenvalue weighted by Crippen LogP contribution is 2.43. The summed E-state index contributed by atoms with van der Waals surface area (Å²) in [6.45, 7) is 5.75. The Kier molecular flexibility index (Phi) is 1.86. The van der Waals surface area contributed by atoms with Gasteiger partial charge in [0, 0.05) is 16.3 Å². The number of carbonyl (C=O) groups is 1. The van der Waals surface area contributed by atoms with E-state index in [0.717, 1.165) is 16.8 Å². The van der Waals surface area contributed by atoms with E-state index in [1.807, 2.05) is 32.9 Å². The van der Waals surface area contributed by atoms with Gasteiger partial charge in [-0.05, 0) is 32.4 Å². The van der Waals surface area contributed by atoms with Crippen LogP contribution in [0.1, 0.15) is 25.0 Å². The third-order valence-corrected chi connectivity index (χ3v) is 3.11. The van der Waals surface area contributed by atoms with Gasteiger partial charge in [-0.25, -0.2) is 0 Å². The van der Waals surface area contributed by atoms with Crippen LogP contribution in [0.2, 0.25) is 5.02 Å². The van der Waals surface area contributed by atoms with Crippen LogP contribution in [0.25, 0.3) is 0 Å². The van der Waals surface area contributed by atoms with E-state index < -0.39 is 5.41 Å². The van der Waals surface area contributed by atoms with Gasteiger partial charge in [-0.15, -0.1) is 0 Å². The molecule has 1 aromatic carbocycles. The van der Waals surface area contributed by atoms with Crippen LogP contribution in [0.5, 0.6) is 0 Å². The first-order valence-corrected chi connectivity index (χ1v) is 4.93. The lowest BCUT2D eigenvalue weighted by molar-refractivity contribution is -0.119. The largest absolute Gasteiger partial charge is 0.325 e. The lowest BCUT2D eigenvalue weighted by atomic mass is 9.85. The molecule has 0 spiro atoms. The highest BCUT2D eigenvalue weighted by Gasteiger charge is 2.40. The molecule has 0 radical (unpaired) electrons. The Labute approximate surface area is 88.3 Å². The van der Waals surface area contributed by atoms with Gasteiger partial charge >= 0.3 is 0 Å². The van der Waals surface area contributed by atoms with E-state index in [9.17, 15) is 4.79 Å². The molecule has 3 heteroatoms. The highest BCUT2D eigenvalue weighted by atomic mass is 35.5. The van der Waals surface area contributed by atoms with Gasteiger partial charge in [0.25, 0.3) is 0 Å². The Morgan fingerprint density at radius 2 is 2.00 bits per heavy atom. The number of rotatable bonds is 0. The Morgan fingerprint density at radius 1 is 1.36 bits per heavy atom. The highest BCUT2D eigenvalue weighted by molar-refractivity contribution is 6.33. The fraction of sp³-hybridized carbons (Fsp3) is 0.364. The SMILES string of the molecule is Cc1ccc(Cl)c2c1NC(=O)C2(C)C. The van der Waals surface area contributed by atoms with Crippen molar-refractivity contribution in [3.05, 3.63) is 28.3 Å². The minimum absolute atomic E-state index is 0.0173. The van der Waals surface area contributed by atoms with Crippen molar-refractivity contribution in [2.24, 2.45) is 0 Å². The zero-order valence-electron chi connectivity index (χ0n) is 8.44. The van der Waals surface area contributed by atoms with Gasteiger partial charge in [-0.3, -0.25) is 4.79 Å². The van der Waals surface area contributed by atoms with Gasteiger partial charge in [0.2, 0.25) is 5.91 Å². The maximum Gasteiger partial charge on any atom is 0.234 e. The molecule has 14 heavy (non-hydrogen) atoms. The number of anilines is 1. The molecule has 1 heterocycles. The average molecular weight is 210 g/mol. The van der Waals surface area contributed by atoms with Gasteiger partial charge in [0.1, 0.15) is 0 Å². The van der Waals surface area contributed by atoms with Gasteiger partial charge in [-0.2, -0.15) is 0 Å². The van der Waals surface area contributed by atoms with Crippen LogP contribution < -0.4 is 5.32 Å². The smallest absolute Gasteiger partial charge is 0.234 e. The lowest BCUT2D eigenvalue weighted by Gasteiger charge is -2.16. The average Bonchev–Trinajstić information content (AvgIpc) is 2.33. The first-order chi connectivity index (χ1) is 6.44. The number of nitrogens with one attached hydrogen (secondary N) is 1. The summed E-state index contributed by atoms with van der Waals surface area (Å²) in [6.07, 6.45) is 0. The van der Waals surface area contributed by atoms with Crippen LogP contribution >= 0.6 is 11.6 Å². The molecule has 2 rings (SSSR count). The molecule has 1 amide bonds. The molecule has 0 fully saturated rings. The Hall–Kier alpha value is -1.02. The number of carbonyl (C=O) groups excluding carboxylic acids is 1. The van der Waals surface area contributed by atoms with Crippen molar-refractivity contribution in [3.8, 4) is 0 Å². The molecule has 0 aromatic heterocycles. The zero-order chi connectivity index (χ0) is 10.5. The Morgan fingerprint density at radius 3 is 2.57 bits per heavy atom. The summed E-state index contributed by atoms with van der Waals surface area (Å²) in [5, 5.41) is 3.53. The van der Waals surface area contributed by atoms with Crippen molar-refractivity contribution in [3.63, 3.8) is 0 Å².